The number of hydrogen-bond donors (Lipinski definition) is 1. The summed E-state index contributed by atoms with van der Waals surface area (Å²) < 4.78 is 26.6. The van der Waals surface area contributed by atoms with Crippen LogP contribution in [0.1, 0.15) is 21.8 Å². The molecule has 0 saturated carbocycles. The fraction of sp³-hybridized carbons (Fsp3) is 0.308. The van der Waals surface area contributed by atoms with Crippen LogP contribution in [0.15, 0.2) is 29.6 Å². The number of aromatic nitrogens is 1. The van der Waals surface area contributed by atoms with E-state index in [4.69, 9.17) is 0 Å². The molecule has 1 aromatic heterocycles. The average Bonchev–Trinajstić information content (AvgIpc) is 2.76. The number of thiazole rings is 1. The molecular formula is C13H16N2O2S2. The highest BCUT2D eigenvalue weighted by Gasteiger charge is 2.13. The zero-order chi connectivity index (χ0) is 13.9. The predicted molar refractivity (Wildman–Crippen MR) is 77.5 cm³/mol. The molecule has 1 N–H and O–H groups in total. The van der Waals surface area contributed by atoms with Crippen LogP contribution in [0, 0.1) is 13.8 Å². The van der Waals surface area contributed by atoms with Crippen LogP contribution in [-0.2, 0) is 22.3 Å². The zero-order valence-corrected chi connectivity index (χ0v) is 12.5. The summed E-state index contributed by atoms with van der Waals surface area (Å²) in [5, 5.41) is 2.69. The van der Waals surface area contributed by atoms with Crippen LogP contribution in [0.5, 0.6) is 0 Å². The SMILES string of the molecule is Cc1csc(CNS(=O)(=O)Cc2ccccc2C)n1. The molecule has 1 aromatic carbocycles. The molecule has 0 aliphatic heterocycles. The van der Waals surface area contributed by atoms with Crippen molar-refractivity contribution in [1.29, 1.82) is 0 Å². The van der Waals surface area contributed by atoms with Gasteiger partial charge in [-0.05, 0) is 25.0 Å². The number of hydrogen-bond acceptors (Lipinski definition) is 4. The van der Waals surface area contributed by atoms with Crippen LogP contribution in [0.4, 0.5) is 0 Å². The molecule has 0 saturated heterocycles. The molecule has 19 heavy (non-hydrogen) atoms. The second-order valence-electron chi connectivity index (χ2n) is 4.39. The standard InChI is InChI=1S/C13H16N2O2S2/c1-10-5-3-4-6-12(10)9-19(16,17)14-7-13-15-11(2)8-18-13/h3-6,8,14H,7,9H2,1-2H3. The van der Waals surface area contributed by atoms with Crippen LogP contribution in [0.3, 0.4) is 0 Å². The number of rotatable bonds is 5. The summed E-state index contributed by atoms with van der Waals surface area (Å²) >= 11 is 1.46. The highest BCUT2D eigenvalue weighted by Crippen LogP contribution is 2.12. The molecule has 0 spiro atoms. The van der Waals surface area contributed by atoms with E-state index in [0.29, 0.717) is 0 Å². The Labute approximate surface area is 117 Å². The Morgan fingerprint density at radius 2 is 2.00 bits per heavy atom. The number of sulfonamides is 1. The maximum absolute atomic E-state index is 12.0. The van der Waals surface area contributed by atoms with E-state index in [0.717, 1.165) is 21.8 Å². The van der Waals surface area contributed by atoms with Crippen LogP contribution >= 0.6 is 11.3 Å². The molecule has 102 valence electrons. The van der Waals surface area contributed by atoms with Crippen LogP contribution in [0.2, 0.25) is 0 Å². The minimum atomic E-state index is -3.33. The van der Waals surface area contributed by atoms with Gasteiger partial charge in [0, 0.05) is 11.1 Å². The zero-order valence-electron chi connectivity index (χ0n) is 10.9. The molecule has 0 radical (unpaired) electrons. The van der Waals surface area contributed by atoms with Crippen molar-refractivity contribution in [3.8, 4) is 0 Å². The van der Waals surface area contributed by atoms with E-state index in [1.807, 2.05) is 43.5 Å². The van der Waals surface area contributed by atoms with Crippen LogP contribution < -0.4 is 4.72 Å². The Kier molecular flexibility index (Phi) is 4.34. The molecule has 2 rings (SSSR count). The number of nitrogens with one attached hydrogen (secondary N) is 1. The van der Waals surface area contributed by atoms with Gasteiger partial charge >= 0.3 is 0 Å². The number of benzene rings is 1. The molecule has 0 amide bonds. The predicted octanol–water partition coefficient (Wildman–Crippen LogP) is 2.38. The van der Waals surface area contributed by atoms with E-state index >= 15 is 0 Å². The maximum atomic E-state index is 12.0. The Hall–Kier alpha value is -1.24. The minimum Gasteiger partial charge on any atom is -0.245 e. The second-order valence-corrected chi connectivity index (χ2v) is 7.14. The van der Waals surface area contributed by atoms with Gasteiger partial charge in [-0.25, -0.2) is 18.1 Å². The van der Waals surface area contributed by atoms with Gasteiger partial charge in [0.1, 0.15) is 5.01 Å². The summed E-state index contributed by atoms with van der Waals surface area (Å²) in [4.78, 5) is 4.23. The summed E-state index contributed by atoms with van der Waals surface area (Å²) in [5.41, 5.74) is 2.72. The highest BCUT2D eigenvalue weighted by molar-refractivity contribution is 7.88. The Morgan fingerprint density at radius 1 is 1.26 bits per heavy atom. The van der Waals surface area contributed by atoms with Gasteiger partial charge in [0.05, 0.1) is 12.3 Å². The van der Waals surface area contributed by atoms with Crippen molar-refractivity contribution in [2.45, 2.75) is 26.1 Å². The lowest BCUT2D eigenvalue weighted by atomic mass is 10.1. The maximum Gasteiger partial charge on any atom is 0.216 e. The Morgan fingerprint density at radius 3 is 2.63 bits per heavy atom. The number of nitrogens with zero attached hydrogens (tertiary/aromatic N) is 1. The van der Waals surface area contributed by atoms with Gasteiger partial charge in [-0.2, -0.15) is 0 Å². The van der Waals surface area contributed by atoms with Crippen molar-refractivity contribution in [1.82, 2.24) is 9.71 Å². The topological polar surface area (TPSA) is 59.1 Å². The third-order valence-corrected chi connectivity index (χ3v) is 4.96. The highest BCUT2D eigenvalue weighted by atomic mass is 32.2. The molecule has 4 nitrogen and oxygen atoms in total. The third-order valence-electron chi connectivity index (χ3n) is 2.72. The monoisotopic (exact) mass is 296 g/mol. The van der Waals surface area contributed by atoms with E-state index < -0.39 is 10.0 Å². The molecule has 0 aliphatic carbocycles. The van der Waals surface area contributed by atoms with Crippen molar-refractivity contribution in [2.75, 3.05) is 0 Å². The van der Waals surface area contributed by atoms with E-state index in [2.05, 4.69) is 9.71 Å². The summed E-state index contributed by atoms with van der Waals surface area (Å²) in [7, 11) is -3.33. The molecule has 0 aliphatic rings. The lowest BCUT2D eigenvalue weighted by molar-refractivity contribution is 0.580. The molecule has 2 aromatic rings. The minimum absolute atomic E-state index is 0.00400. The smallest absolute Gasteiger partial charge is 0.216 e. The van der Waals surface area contributed by atoms with Crippen molar-refractivity contribution < 1.29 is 8.42 Å². The van der Waals surface area contributed by atoms with Gasteiger partial charge in [0.2, 0.25) is 10.0 Å². The number of aryl methyl sites for hydroxylation is 2. The van der Waals surface area contributed by atoms with Crippen molar-refractivity contribution in [2.24, 2.45) is 0 Å². The van der Waals surface area contributed by atoms with Crippen molar-refractivity contribution in [3.63, 3.8) is 0 Å². The molecular weight excluding hydrogens is 280 g/mol. The first-order valence-electron chi connectivity index (χ1n) is 5.89. The van der Waals surface area contributed by atoms with Gasteiger partial charge in [-0.15, -0.1) is 11.3 Å². The van der Waals surface area contributed by atoms with Gasteiger partial charge in [-0.3, -0.25) is 0 Å². The molecule has 0 bridgehead atoms. The molecule has 0 unspecified atom stereocenters. The molecule has 6 heteroatoms. The molecule has 0 atom stereocenters. The molecule has 0 fully saturated rings. The van der Waals surface area contributed by atoms with E-state index in [1.165, 1.54) is 11.3 Å². The largest absolute Gasteiger partial charge is 0.245 e. The quantitative estimate of drug-likeness (QED) is 0.921. The van der Waals surface area contributed by atoms with Gasteiger partial charge in [0.15, 0.2) is 0 Å². The van der Waals surface area contributed by atoms with E-state index in [9.17, 15) is 8.42 Å². The normalized spacial score (nSPS) is 11.7. The summed E-state index contributed by atoms with van der Waals surface area (Å²) in [5.74, 6) is 0.00400. The van der Waals surface area contributed by atoms with Crippen LogP contribution in [0.25, 0.3) is 0 Å². The summed E-state index contributed by atoms with van der Waals surface area (Å²) in [6, 6.07) is 7.50. The van der Waals surface area contributed by atoms with Crippen molar-refractivity contribution in [3.05, 3.63) is 51.5 Å². The first-order valence-corrected chi connectivity index (χ1v) is 8.42. The Bertz CT molecular complexity index is 663. The Balaban J connectivity index is 2.01. The molecule has 1 heterocycles. The van der Waals surface area contributed by atoms with Crippen LogP contribution in [-0.4, -0.2) is 13.4 Å². The summed E-state index contributed by atoms with van der Waals surface area (Å²) in [6.07, 6.45) is 0. The van der Waals surface area contributed by atoms with E-state index in [1.54, 1.807) is 0 Å². The second kappa shape index (κ2) is 5.81. The van der Waals surface area contributed by atoms with Crippen molar-refractivity contribution >= 4 is 21.4 Å². The summed E-state index contributed by atoms with van der Waals surface area (Å²) in [6.45, 7) is 4.06. The fourth-order valence-corrected chi connectivity index (χ4v) is 3.68. The van der Waals surface area contributed by atoms with E-state index in [-0.39, 0.29) is 12.3 Å². The lowest BCUT2D eigenvalue weighted by Crippen LogP contribution is -2.24. The van der Waals surface area contributed by atoms with Gasteiger partial charge in [-0.1, -0.05) is 24.3 Å². The third kappa shape index (κ3) is 4.12. The first-order chi connectivity index (χ1) is 8.96. The van der Waals surface area contributed by atoms with Gasteiger partial charge in [0.25, 0.3) is 0 Å². The lowest BCUT2D eigenvalue weighted by Gasteiger charge is -2.07. The first kappa shape index (κ1) is 14.2. The average molecular weight is 296 g/mol. The fourth-order valence-electron chi connectivity index (χ4n) is 1.68. The van der Waals surface area contributed by atoms with Gasteiger partial charge < -0.3 is 0 Å².